The smallest absolute Gasteiger partial charge is 0.0599 e. The highest BCUT2D eigenvalue weighted by molar-refractivity contribution is 6.30. The maximum absolute atomic E-state index is 9.19. The van der Waals surface area contributed by atoms with Crippen LogP contribution in [0.15, 0.2) is 24.3 Å². The Morgan fingerprint density at radius 2 is 1.94 bits per heavy atom. The summed E-state index contributed by atoms with van der Waals surface area (Å²) in [4.78, 5) is 2.07. The van der Waals surface area contributed by atoms with Gasteiger partial charge < -0.3 is 10.8 Å². The fourth-order valence-electron chi connectivity index (χ4n) is 1.66. The third kappa shape index (κ3) is 3.19. The molecule has 4 heteroatoms. The van der Waals surface area contributed by atoms with Crippen molar-refractivity contribution >= 4 is 11.6 Å². The minimum atomic E-state index is -0.00863. The van der Waals surface area contributed by atoms with Gasteiger partial charge in [0.05, 0.1) is 6.61 Å². The lowest BCUT2D eigenvalue weighted by molar-refractivity contribution is 0.120. The molecule has 3 nitrogen and oxygen atoms in total. The second-order valence-corrected chi connectivity index (χ2v) is 4.40. The van der Waals surface area contributed by atoms with E-state index >= 15 is 0 Å². The van der Waals surface area contributed by atoms with Crippen molar-refractivity contribution in [3.8, 4) is 0 Å². The van der Waals surface area contributed by atoms with E-state index in [2.05, 4.69) is 11.8 Å². The standard InChI is InChI=1S/C12H19ClN2O/c1-9(15(2)12(7-14)8-16)10-3-5-11(13)6-4-10/h3-6,9,12,16H,7-8,14H2,1-2H3. The van der Waals surface area contributed by atoms with Gasteiger partial charge in [-0.05, 0) is 31.7 Å². The van der Waals surface area contributed by atoms with Gasteiger partial charge >= 0.3 is 0 Å². The van der Waals surface area contributed by atoms with Crippen LogP contribution >= 0.6 is 11.6 Å². The molecule has 1 aromatic carbocycles. The molecule has 0 aliphatic rings. The third-order valence-corrected chi connectivity index (χ3v) is 3.27. The predicted molar refractivity (Wildman–Crippen MR) is 67.6 cm³/mol. The Morgan fingerprint density at radius 3 is 2.38 bits per heavy atom. The predicted octanol–water partition coefficient (Wildman–Crippen LogP) is 1.65. The minimum absolute atomic E-state index is 0.00863. The first-order chi connectivity index (χ1) is 7.60. The average Bonchev–Trinajstić information content (AvgIpc) is 2.30. The van der Waals surface area contributed by atoms with Crippen LogP contribution in [0, 0.1) is 0 Å². The second-order valence-electron chi connectivity index (χ2n) is 3.97. The van der Waals surface area contributed by atoms with E-state index in [1.54, 1.807) is 0 Å². The van der Waals surface area contributed by atoms with Crippen LogP contribution in [0.1, 0.15) is 18.5 Å². The fraction of sp³-hybridized carbons (Fsp3) is 0.500. The summed E-state index contributed by atoms with van der Waals surface area (Å²) in [6.07, 6.45) is 0. The number of aliphatic hydroxyl groups excluding tert-OH is 1. The molecule has 0 heterocycles. The van der Waals surface area contributed by atoms with Crippen molar-refractivity contribution in [3.05, 3.63) is 34.9 Å². The summed E-state index contributed by atoms with van der Waals surface area (Å²) >= 11 is 5.84. The number of hydrogen-bond donors (Lipinski definition) is 2. The molecule has 1 rings (SSSR count). The van der Waals surface area contributed by atoms with E-state index in [1.165, 1.54) is 5.56 Å². The highest BCUT2D eigenvalue weighted by atomic mass is 35.5. The highest BCUT2D eigenvalue weighted by Crippen LogP contribution is 2.22. The Kier molecular flexibility index (Phi) is 5.22. The molecule has 0 aliphatic heterocycles. The largest absolute Gasteiger partial charge is 0.395 e. The zero-order chi connectivity index (χ0) is 12.1. The van der Waals surface area contributed by atoms with Gasteiger partial charge in [0.2, 0.25) is 0 Å². The second kappa shape index (κ2) is 6.21. The Bertz CT molecular complexity index is 311. The summed E-state index contributed by atoms with van der Waals surface area (Å²) < 4.78 is 0. The molecular formula is C12H19ClN2O. The van der Waals surface area contributed by atoms with Crippen LogP contribution < -0.4 is 5.73 Å². The summed E-state index contributed by atoms with van der Waals surface area (Å²) in [6.45, 7) is 2.61. The van der Waals surface area contributed by atoms with Crippen molar-refractivity contribution < 1.29 is 5.11 Å². The minimum Gasteiger partial charge on any atom is -0.395 e. The molecular weight excluding hydrogens is 224 g/mol. The molecule has 90 valence electrons. The molecule has 2 atom stereocenters. The van der Waals surface area contributed by atoms with Gasteiger partial charge in [0.25, 0.3) is 0 Å². The van der Waals surface area contributed by atoms with Crippen molar-refractivity contribution in [2.75, 3.05) is 20.2 Å². The van der Waals surface area contributed by atoms with Gasteiger partial charge in [-0.3, -0.25) is 4.90 Å². The highest BCUT2D eigenvalue weighted by Gasteiger charge is 2.18. The van der Waals surface area contributed by atoms with Gasteiger partial charge in [0, 0.05) is 23.7 Å². The lowest BCUT2D eigenvalue weighted by Gasteiger charge is -2.31. The zero-order valence-electron chi connectivity index (χ0n) is 9.73. The van der Waals surface area contributed by atoms with Crippen LogP contribution in [-0.2, 0) is 0 Å². The van der Waals surface area contributed by atoms with E-state index in [0.717, 1.165) is 5.02 Å². The van der Waals surface area contributed by atoms with E-state index in [4.69, 9.17) is 17.3 Å². The Morgan fingerprint density at radius 1 is 1.38 bits per heavy atom. The summed E-state index contributed by atoms with van der Waals surface area (Å²) in [5.74, 6) is 0. The van der Waals surface area contributed by atoms with Gasteiger partial charge in [0.15, 0.2) is 0 Å². The van der Waals surface area contributed by atoms with Gasteiger partial charge in [0.1, 0.15) is 0 Å². The molecule has 1 aromatic rings. The number of halogens is 1. The Balaban J connectivity index is 2.76. The van der Waals surface area contributed by atoms with Crippen LogP contribution in [-0.4, -0.2) is 36.2 Å². The summed E-state index contributed by atoms with van der Waals surface area (Å²) in [5, 5.41) is 9.93. The number of aliphatic hydroxyl groups is 1. The lowest BCUT2D eigenvalue weighted by atomic mass is 10.1. The number of nitrogens with zero attached hydrogens (tertiary/aromatic N) is 1. The summed E-state index contributed by atoms with van der Waals surface area (Å²) in [5.41, 5.74) is 6.77. The summed E-state index contributed by atoms with van der Waals surface area (Å²) in [6, 6.07) is 7.93. The van der Waals surface area contributed by atoms with Crippen LogP contribution in [0.2, 0.25) is 5.02 Å². The topological polar surface area (TPSA) is 49.5 Å². The molecule has 0 saturated heterocycles. The first kappa shape index (κ1) is 13.5. The summed E-state index contributed by atoms with van der Waals surface area (Å²) in [7, 11) is 1.97. The molecule has 0 aromatic heterocycles. The van der Waals surface area contributed by atoms with Crippen LogP contribution in [0.25, 0.3) is 0 Å². The number of nitrogens with two attached hydrogens (primary N) is 1. The van der Waals surface area contributed by atoms with Gasteiger partial charge in [-0.2, -0.15) is 0 Å². The van der Waals surface area contributed by atoms with Gasteiger partial charge in [-0.15, -0.1) is 0 Å². The van der Waals surface area contributed by atoms with Crippen LogP contribution in [0.4, 0.5) is 0 Å². The molecule has 0 spiro atoms. The number of rotatable bonds is 5. The quantitative estimate of drug-likeness (QED) is 0.826. The van der Waals surface area contributed by atoms with E-state index in [0.29, 0.717) is 6.54 Å². The van der Waals surface area contributed by atoms with Crippen molar-refractivity contribution in [1.82, 2.24) is 4.90 Å². The molecule has 2 unspecified atom stereocenters. The average molecular weight is 243 g/mol. The fourth-order valence-corrected chi connectivity index (χ4v) is 1.79. The lowest BCUT2D eigenvalue weighted by Crippen LogP contribution is -2.41. The van der Waals surface area contributed by atoms with Crippen molar-refractivity contribution in [2.45, 2.75) is 19.0 Å². The first-order valence-corrected chi connectivity index (χ1v) is 5.76. The third-order valence-electron chi connectivity index (χ3n) is 3.02. The van der Waals surface area contributed by atoms with Crippen LogP contribution in [0.5, 0.6) is 0 Å². The van der Waals surface area contributed by atoms with Crippen molar-refractivity contribution in [2.24, 2.45) is 5.73 Å². The maximum Gasteiger partial charge on any atom is 0.0599 e. The van der Waals surface area contributed by atoms with E-state index < -0.39 is 0 Å². The molecule has 0 saturated carbocycles. The molecule has 3 N–H and O–H groups in total. The monoisotopic (exact) mass is 242 g/mol. The van der Waals surface area contributed by atoms with Crippen molar-refractivity contribution in [3.63, 3.8) is 0 Å². The molecule has 0 aliphatic carbocycles. The van der Waals surface area contributed by atoms with E-state index in [9.17, 15) is 5.11 Å². The number of benzene rings is 1. The van der Waals surface area contributed by atoms with E-state index in [1.807, 2.05) is 31.3 Å². The Labute approximate surface area is 102 Å². The molecule has 0 radical (unpaired) electrons. The Hall–Kier alpha value is -0.610. The zero-order valence-corrected chi connectivity index (χ0v) is 10.5. The molecule has 0 amide bonds. The normalized spacial score (nSPS) is 15.1. The molecule has 0 bridgehead atoms. The number of hydrogen-bond acceptors (Lipinski definition) is 3. The van der Waals surface area contributed by atoms with Crippen LogP contribution in [0.3, 0.4) is 0 Å². The SMILES string of the molecule is CC(c1ccc(Cl)cc1)N(C)C(CN)CO. The molecule has 16 heavy (non-hydrogen) atoms. The van der Waals surface area contributed by atoms with Gasteiger partial charge in [-0.25, -0.2) is 0 Å². The van der Waals surface area contributed by atoms with Gasteiger partial charge in [-0.1, -0.05) is 23.7 Å². The maximum atomic E-state index is 9.19. The van der Waals surface area contributed by atoms with Crippen molar-refractivity contribution in [1.29, 1.82) is 0 Å². The number of likely N-dealkylation sites (N-methyl/N-ethyl adjacent to an activating group) is 1. The van der Waals surface area contributed by atoms with E-state index in [-0.39, 0.29) is 18.7 Å². The molecule has 0 fully saturated rings. The first-order valence-electron chi connectivity index (χ1n) is 5.38.